The van der Waals surface area contributed by atoms with Gasteiger partial charge >= 0.3 is 0 Å². The van der Waals surface area contributed by atoms with Gasteiger partial charge in [-0.15, -0.1) is 6.58 Å². The zero-order valence-electron chi connectivity index (χ0n) is 7.54. The minimum Gasteiger partial charge on any atom is -0.339 e. The van der Waals surface area contributed by atoms with E-state index in [9.17, 15) is 4.79 Å². The Balaban J connectivity index is 2.39. The first kappa shape index (κ1) is 9.30. The first-order chi connectivity index (χ1) is 5.88. The SMILES string of the molecule is C=CCN(C=O)C1CCCCC1. The third-order valence-corrected chi connectivity index (χ3v) is 2.52. The smallest absolute Gasteiger partial charge is 0.210 e. The topological polar surface area (TPSA) is 20.3 Å². The molecule has 2 heteroatoms. The van der Waals surface area contributed by atoms with Crippen LogP contribution < -0.4 is 0 Å². The molecule has 1 aliphatic carbocycles. The van der Waals surface area contributed by atoms with Gasteiger partial charge in [-0.1, -0.05) is 25.3 Å². The van der Waals surface area contributed by atoms with Crippen molar-refractivity contribution in [1.82, 2.24) is 4.90 Å². The fourth-order valence-electron chi connectivity index (χ4n) is 1.84. The summed E-state index contributed by atoms with van der Waals surface area (Å²) in [5.74, 6) is 0. The lowest BCUT2D eigenvalue weighted by molar-refractivity contribution is -0.120. The van der Waals surface area contributed by atoms with E-state index in [1.165, 1.54) is 32.1 Å². The van der Waals surface area contributed by atoms with Gasteiger partial charge in [0.05, 0.1) is 0 Å². The zero-order chi connectivity index (χ0) is 8.81. The van der Waals surface area contributed by atoms with Crippen LogP contribution in [0.5, 0.6) is 0 Å². The largest absolute Gasteiger partial charge is 0.339 e. The standard InChI is InChI=1S/C10H17NO/c1-2-8-11(9-12)10-6-4-3-5-7-10/h2,9-10H,1,3-8H2. The molecule has 1 saturated carbocycles. The van der Waals surface area contributed by atoms with Crippen LogP contribution in [0.15, 0.2) is 12.7 Å². The molecule has 0 aliphatic heterocycles. The zero-order valence-corrected chi connectivity index (χ0v) is 7.54. The van der Waals surface area contributed by atoms with E-state index in [4.69, 9.17) is 0 Å². The van der Waals surface area contributed by atoms with Crippen molar-refractivity contribution in [2.45, 2.75) is 38.1 Å². The molecule has 0 bridgehead atoms. The van der Waals surface area contributed by atoms with Crippen molar-refractivity contribution in [1.29, 1.82) is 0 Å². The molecule has 0 aromatic carbocycles. The predicted molar refractivity (Wildman–Crippen MR) is 49.8 cm³/mol. The van der Waals surface area contributed by atoms with Gasteiger partial charge in [0.2, 0.25) is 6.41 Å². The predicted octanol–water partition coefficient (Wildman–Crippen LogP) is 1.96. The molecular weight excluding hydrogens is 150 g/mol. The first-order valence-corrected chi connectivity index (χ1v) is 4.70. The molecule has 0 N–H and O–H groups in total. The molecule has 12 heavy (non-hydrogen) atoms. The van der Waals surface area contributed by atoms with Crippen LogP contribution in [0.1, 0.15) is 32.1 Å². The Kier molecular flexibility index (Phi) is 3.85. The first-order valence-electron chi connectivity index (χ1n) is 4.70. The van der Waals surface area contributed by atoms with Crippen LogP contribution in [-0.4, -0.2) is 23.9 Å². The summed E-state index contributed by atoms with van der Waals surface area (Å²) in [6.07, 6.45) is 8.97. The molecular formula is C10H17NO. The highest BCUT2D eigenvalue weighted by atomic mass is 16.1. The van der Waals surface area contributed by atoms with Crippen LogP contribution in [0, 0.1) is 0 Å². The quantitative estimate of drug-likeness (QED) is 0.463. The lowest BCUT2D eigenvalue weighted by Gasteiger charge is -2.30. The number of hydrogen-bond acceptors (Lipinski definition) is 1. The Morgan fingerprint density at radius 3 is 2.50 bits per heavy atom. The highest BCUT2D eigenvalue weighted by Gasteiger charge is 2.18. The molecule has 68 valence electrons. The third kappa shape index (κ3) is 2.36. The molecule has 1 fully saturated rings. The van der Waals surface area contributed by atoms with Crippen molar-refractivity contribution < 1.29 is 4.79 Å². The summed E-state index contributed by atoms with van der Waals surface area (Å²) < 4.78 is 0. The Bertz CT molecular complexity index is 150. The number of rotatable bonds is 4. The van der Waals surface area contributed by atoms with Crippen molar-refractivity contribution in [2.24, 2.45) is 0 Å². The van der Waals surface area contributed by atoms with Crippen molar-refractivity contribution in [2.75, 3.05) is 6.54 Å². The van der Waals surface area contributed by atoms with Gasteiger partial charge in [0.15, 0.2) is 0 Å². The van der Waals surface area contributed by atoms with Gasteiger partial charge in [-0.2, -0.15) is 0 Å². The van der Waals surface area contributed by atoms with Gasteiger partial charge < -0.3 is 4.90 Å². The van der Waals surface area contributed by atoms with E-state index in [0.717, 1.165) is 6.41 Å². The molecule has 0 heterocycles. The van der Waals surface area contributed by atoms with E-state index in [2.05, 4.69) is 6.58 Å². The molecule has 0 saturated heterocycles. The van der Waals surface area contributed by atoms with Crippen LogP contribution in [0.4, 0.5) is 0 Å². The molecule has 0 unspecified atom stereocenters. The minimum atomic E-state index is 0.481. The maximum absolute atomic E-state index is 10.7. The van der Waals surface area contributed by atoms with Crippen LogP contribution in [-0.2, 0) is 4.79 Å². The molecule has 0 aromatic heterocycles. The lowest BCUT2D eigenvalue weighted by atomic mass is 9.94. The highest BCUT2D eigenvalue weighted by Crippen LogP contribution is 2.21. The molecule has 1 rings (SSSR count). The van der Waals surface area contributed by atoms with Gasteiger partial charge in [-0.05, 0) is 12.8 Å². The maximum Gasteiger partial charge on any atom is 0.210 e. The second-order valence-electron chi connectivity index (χ2n) is 3.38. The van der Waals surface area contributed by atoms with Crippen LogP contribution in [0.25, 0.3) is 0 Å². The number of carbonyl (C=O) groups is 1. The van der Waals surface area contributed by atoms with E-state index >= 15 is 0 Å². The van der Waals surface area contributed by atoms with Crippen LogP contribution >= 0.6 is 0 Å². The third-order valence-electron chi connectivity index (χ3n) is 2.52. The van der Waals surface area contributed by atoms with Gasteiger partial charge in [0, 0.05) is 12.6 Å². The lowest BCUT2D eigenvalue weighted by Crippen LogP contribution is -2.35. The summed E-state index contributed by atoms with van der Waals surface area (Å²) in [5, 5.41) is 0. The Hall–Kier alpha value is -0.790. The number of amides is 1. The molecule has 2 nitrogen and oxygen atoms in total. The van der Waals surface area contributed by atoms with E-state index in [-0.39, 0.29) is 0 Å². The molecule has 0 spiro atoms. The fraction of sp³-hybridized carbons (Fsp3) is 0.700. The van der Waals surface area contributed by atoms with Crippen molar-refractivity contribution >= 4 is 6.41 Å². The summed E-state index contributed by atoms with van der Waals surface area (Å²) in [4.78, 5) is 12.5. The van der Waals surface area contributed by atoms with Gasteiger partial charge in [0.1, 0.15) is 0 Å². The summed E-state index contributed by atoms with van der Waals surface area (Å²) in [6, 6.07) is 0.481. The van der Waals surface area contributed by atoms with E-state index in [1.54, 1.807) is 6.08 Å². The summed E-state index contributed by atoms with van der Waals surface area (Å²) in [6.45, 7) is 4.35. The highest BCUT2D eigenvalue weighted by molar-refractivity contribution is 5.48. The summed E-state index contributed by atoms with van der Waals surface area (Å²) in [7, 11) is 0. The minimum absolute atomic E-state index is 0.481. The van der Waals surface area contributed by atoms with Gasteiger partial charge in [0.25, 0.3) is 0 Å². The average molecular weight is 167 g/mol. The van der Waals surface area contributed by atoms with E-state index in [1.807, 2.05) is 4.90 Å². The summed E-state index contributed by atoms with van der Waals surface area (Å²) >= 11 is 0. The molecule has 0 radical (unpaired) electrons. The monoisotopic (exact) mass is 167 g/mol. The number of hydrogen-bond donors (Lipinski definition) is 0. The Morgan fingerprint density at radius 2 is 2.00 bits per heavy atom. The van der Waals surface area contributed by atoms with Crippen LogP contribution in [0.2, 0.25) is 0 Å². The molecule has 1 aliphatic rings. The summed E-state index contributed by atoms with van der Waals surface area (Å²) in [5.41, 5.74) is 0. The van der Waals surface area contributed by atoms with Crippen molar-refractivity contribution in [3.05, 3.63) is 12.7 Å². The normalized spacial score (nSPS) is 18.7. The number of carbonyl (C=O) groups excluding carboxylic acids is 1. The van der Waals surface area contributed by atoms with E-state index in [0.29, 0.717) is 12.6 Å². The second kappa shape index (κ2) is 4.96. The van der Waals surface area contributed by atoms with Gasteiger partial charge in [-0.25, -0.2) is 0 Å². The van der Waals surface area contributed by atoms with Gasteiger partial charge in [-0.3, -0.25) is 4.79 Å². The molecule has 0 aromatic rings. The maximum atomic E-state index is 10.7. The van der Waals surface area contributed by atoms with Crippen molar-refractivity contribution in [3.8, 4) is 0 Å². The van der Waals surface area contributed by atoms with E-state index < -0.39 is 0 Å². The fourth-order valence-corrected chi connectivity index (χ4v) is 1.84. The second-order valence-corrected chi connectivity index (χ2v) is 3.38. The number of nitrogens with zero attached hydrogens (tertiary/aromatic N) is 1. The Labute approximate surface area is 74.2 Å². The molecule has 0 atom stereocenters. The molecule has 1 amide bonds. The average Bonchev–Trinajstić information content (AvgIpc) is 2.15. The Morgan fingerprint density at radius 1 is 1.33 bits per heavy atom. The van der Waals surface area contributed by atoms with Crippen molar-refractivity contribution in [3.63, 3.8) is 0 Å². The van der Waals surface area contributed by atoms with Crippen LogP contribution in [0.3, 0.4) is 0 Å².